The van der Waals surface area contributed by atoms with E-state index < -0.39 is 12.0 Å². The quantitative estimate of drug-likeness (QED) is 0.804. The molecule has 1 aromatic carbocycles. The fraction of sp³-hybridized carbons (Fsp3) is 0.267. The summed E-state index contributed by atoms with van der Waals surface area (Å²) in [7, 11) is 0. The van der Waals surface area contributed by atoms with Crippen molar-refractivity contribution in [3.8, 4) is 0 Å². The van der Waals surface area contributed by atoms with Crippen LogP contribution in [0.15, 0.2) is 43.5 Å². The fourth-order valence-electron chi connectivity index (χ4n) is 1.64. The van der Waals surface area contributed by atoms with Crippen LogP contribution in [0, 0.1) is 6.92 Å². The zero-order valence-electron chi connectivity index (χ0n) is 11.0. The maximum absolute atomic E-state index is 10.7. The number of carboxylic acids is 1. The number of hydrogen-bond donors (Lipinski definition) is 2. The molecule has 3 nitrogen and oxygen atoms in total. The molecule has 1 rings (SSSR count). The van der Waals surface area contributed by atoms with Crippen LogP contribution in [-0.4, -0.2) is 17.1 Å². The van der Waals surface area contributed by atoms with Gasteiger partial charge in [-0.2, -0.15) is 0 Å². The third-order valence-electron chi connectivity index (χ3n) is 2.60. The molecule has 0 amide bonds. The maximum atomic E-state index is 10.7. The Balaban J connectivity index is 0.00000137. The Morgan fingerprint density at radius 3 is 2.44 bits per heavy atom. The van der Waals surface area contributed by atoms with Gasteiger partial charge >= 0.3 is 5.97 Å². The summed E-state index contributed by atoms with van der Waals surface area (Å²) < 4.78 is 0. The van der Waals surface area contributed by atoms with Gasteiger partial charge in [-0.3, -0.25) is 4.79 Å². The molecule has 1 aromatic rings. The van der Waals surface area contributed by atoms with Crippen LogP contribution < -0.4 is 5.73 Å². The lowest BCUT2D eigenvalue weighted by Gasteiger charge is -2.12. The van der Waals surface area contributed by atoms with Gasteiger partial charge in [0.25, 0.3) is 0 Å². The van der Waals surface area contributed by atoms with Crippen molar-refractivity contribution in [2.24, 2.45) is 5.73 Å². The van der Waals surface area contributed by atoms with E-state index in [1.165, 1.54) is 0 Å². The summed E-state index contributed by atoms with van der Waals surface area (Å²) in [5.41, 5.74) is 8.72. The largest absolute Gasteiger partial charge is 0.480 e. The van der Waals surface area contributed by atoms with E-state index in [0.717, 1.165) is 16.7 Å². The number of rotatable bonds is 4. The predicted octanol–water partition coefficient (Wildman–Crippen LogP) is 3.00. The molecular formula is C15H21NO2. The second kappa shape index (κ2) is 8.25. The van der Waals surface area contributed by atoms with Crippen LogP contribution in [-0.2, 0) is 4.79 Å². The summed E-state index contributed by atoms with van der Waals surface area (Å²) in [5.74, 6) is -0.965. The van der Waals surface area contributed by atoms with E-state index in [-0.39, 0.29) is 0 Å². The van der Waals surface area contributed by atoms with Crippen molar-refractivity contribution >= 4 is 11.5 Å². The lowest BCUT2D eigenvalue weighted by Crippen LogP contribution is -2.30. The minimum absolute atomic E-state index is 0.358. The molecule has 0 saturated heterocycles. The first-order valence-electron chi connectivity index (χ1n) is 5.75. The van der Waals surface area contributed by atoms with E-state index in [1.54, 1.807) is 0 Å². The van der Waals surface area contributed by atoms with E-state index in [9.17, 15) is 4.79 Å². The molecule has 0 aliphatic carbocycles. The highest BCUT2D eigenvalue weighted by Gasteiger charge is 2.15. The lowest BCUT2D eigenvalue weighted by atomic mass is 9.95. The zero-order chi connectivity index (χ0) is 14.1. The van der Waals surface area contributed by atoms with E-state index in [1.807, 2.05) is 44.2 Å². The van der Waals surface area contributed by atoms with Crippen LogP contribution in [0.2, 0.25) is 0 Å². The van der Waals surface area contributed by atoms with Gasteiger partial charge in [0.1, 0.15) is 6.04 Å². The van der Waals surface area contributed by atoms with Crippen molar-refractivity contribution in [3.05, 3.63) is 54.6 Å². The van der Waals surface area contributed by atoms with Crippen molar-refractivity contribution < 1.29 is 9.90 Å². The average molecular weight is 247 g/mol. The molecule has 0 unspecified atom stereocenters. The molecule has 18 heavy (non-hydrogen) atoms. The Morgan fingerprint density at radius 2 is 2.00 bits per heavy atom. The van der Waals surface area contributed by atoms with Crippen LogP contribution >= 0.6 is 0 Å². The number of benzene rings is 1. The van der Waals surface area contributed by atoms with E-state index in [2.05, 4.69) is 13.2 Å². The molecule has 0 bridgehead atoms. The smallest absolute Gasteiger partial charge is 0.320 e. The van der Waals surface area contributed by atoms with Gasteiger partial charge in [-0.15, -0.1) is 13.2 Å². The first kappa shape index (κ1) is 16.1. The maximum Gasteiger partial charge on any atom is 0.320 e. The molecule has 0 heterocycles. The number of aliphatic carboxylic acids is 1. The molecule has 0 aliphatic heterocycles. The van der Waals surface area contributed by atoms with Gasteiger partial charge in [0.15, 0.2) is 0 Å². The third kappa shape index (κ3) is 4.55. The topological polar surface area (TPSA) is 63.3 Å². The standard InChI is InChI=1S/C13H17NO2.C2H4/c1-3-10(8-12(14)13(15)16)11-7-5-4-6-9(11)2;1-2/h3-7,12H,8,14H2,1-2H3,(H,15,16);1-2H2/b10-3-;/t12-;/m1./s1. The Morgan fingerprint density at radius 1 is 1.44 bits per heavy atom. The van der Waals surface area contributed by atoms with Crippen molar-refractivity contribution in [1.29, 1.82) is 0 Å². The highest BCUT2D eigenvalue weighted by atomic mass is 16.4. The molecule has 0 spiro atoms. The first-order valence-corrected chi connectivity index (χ1v) is 5.75. The van der Waals surface area contributed by atoms with Gasteiger partial charge in [0, 0.05) is 0 Å². The molecule has 3 heteroatoms. The van der Waals surface area contributed by atoms with Crippen molar-refractivity contribution in [3.63, 3.8) is 0 Å². The Kier molecular flexibility index (Phi) is 7.40. The van der Waals surface area contributed by atoms with Crippen LogP contribution in [0.5, 0.6) is 0 Å². The third-order valence-corrected chi connectivity index (χ3v) is 2.60. The summed E-state index contributed by atoms with van der Waals surface area (Å²) >= 11 is 0. The van der Waals surface area contributed by atoms with E-state index in [4.69, 9.17) is 10.8 Å². The van der Waals surface area contributed by atoms with Gasteiger partial charge in [-0.1, -0.05) is 30.3 Å². The molecule has 1 atom stereocenters. The van der Waals surface area contributed by atoms with Crippen molar-refractivity contribution in [2.45, 2.75) is 26.3 Å². The number of carbonyl (C=O) groups is 1. The molecule has 3 N–H and O–H groups in total. The number of hydrogen-bond acceptors (Lipinski definition) is 2. The van der Waals surface area contributed by atoms with Gasteiger partial charge in [0.2, 0.25) is 0 Å². The summed E-state index contributed by atoms with van der Waals surface area (Å²) in [5, 5.41) is 8.79. The summed E-state index contributed by atoms with van der Waals surface area (Å²) in [4.78, 5) is 10.7. The normalized spacial score (nSPS) is 12.3. The molecule has 0 radical (unpaired) electrons. The molecule has 0 aliphatic rings. The second-order valence-corrected chi connectivity index (χ2v) is 3.78. The average Bonchev–Trinajstić information content (AvgIpc) is 2.39. The van der Waals surface area contributed by atoms with E-state index in [0.29, 0.717) is 6.42 Å². The second-order valence-electron chi connectivity index (χ2n) is 3.78. The first-order chi connectivity index (χ1) is 8.56. The van der Waals surface area contributed by atoms with Gasteiger partial charge in [0.05, 0.1) is 0 Å². The number of nitrogens with two attached hydrogens (primary N) is 1. The molecule has 98 valence electrons. The molecule has 0 aromatic heterocycles. The van der Waals surface area contributed by atoms with Gasteiger partial charge in [-0.25, -0.2) is 0 Å². The predicted molar refractivity (Wildman–Crippen MR) is 76.3 cm³/mol. The minimum Gasteiger partial charge on any atom is -0.480 e. The van der Waals surface area contributed by atoms with Gasteiger partial charge < -0.3 is 10.8 Å². The van der Waals surface area contributed by atoms with Crippen LogP contribution in [0.4, 0.5) is 0 Å². The zero-order valence-corrected chi connectivity index (χ0v) is 11.0. The highest BCUT2D eigenvalue weighted by molar-refractivity contribution is 5.78. The molecule has 0 saturated carbocycles. The monoisotopic (exact) mass is 247 g/mol. The SMILES string of the molecule is C/C=C(/C[C@@H](N)C(=O)O)c1ccccc1C.C=C. The Bertz CT molecular complexity index is 424. The van der Waals surface area contributed by atoms with Gasteiger partial charge in [-0.05, 0) is 37.0 Å². The Labute approximate surface area is 109 Å². The number of carboxylic acid groups (broad SMARTS) is 1. The van der Waals surface area contributed by atoms with Crippen molar-refractivity contribution in [2.75, 3.05) is 0 Å². The summed E-state index contributed by atoms with van der Waals surface area (Å²) in [6, 6.07) is 7.05. The van der Waals surface area contributed by atoms with Crippen LogP contribution in [0.25, 0.3) is 5.57 Å². The summed E-state index contributed by atoms with van der Waals surface area (Å²) in [6.45, 7) is 9.90. The molecular weight excluding hydrogens is 226 g/mol. The lowest BCUT2D eigenvalue weighted by molar-refractivity contribution is -0.138. The molecule has 0 fully saturated rings. The van der Waals surface area contributed by atoms with Crippen LogP contribution in [0.3, 0.4) is 0 Å². The van der Waals surface area contributed by atoms with Crippen molar-refractivity contribution in [1.82, 2.24) is 0 Å². The minimum atomic E-state index is -0.965. The Hall–Kier alpha value is -1.87. The number of aryl methyl sites for hydroxylation is 1. The van der Waals surface area contributed by atoms with Crippen LogP contribution in [0.1, 0.15) is 24.5 Å². The summed E-state index contributed by atoms with van der Waals surface area (Å²) in [6.07, 6.45) is 2.28. The van der Waals surface area contributed by atoms with E-state index >= 15 is 0 Å². The highest BCUT2D eigenvalue weighted by Crippen LogP contribution is 2.22. The fourth-order valence-corrected chi connectivity index (χ4v) is 1.64. The number of allylic oxidation sites excluding steroid dienone is 1.